The van der Waals surface area contributed by atoms with E-state index in [1.54, 1.807) is 0 Å². The Labute approximate surface area is 135 Å². The molecule has 8 heteroatoms. The Morgan fingerprint density at radius 3 is 2.58 bits per heavy atom. The minimum absolute atomic E-state index is 0.0131. The highest BCUT2D eigenvalue weighted by Crippen LogP contribution is 2.29. The largest absolute Gasteiger partial charge is 0.504 e. The lowest BCUT2D eigenvalue weighted by Gasteiger charge is -2.09. The van der Waals surface area contributed by atoms with Gasteiger partial charge < -0.3 is 19.9 Å². The van der Waals surface area contributed by atoms with Gasteiger partial charge in [-0.1, -0.05) is 6.07 Å². The number of methoxy groups -OCH3 is 1. The topological polar surface area (TPSA) is 84.9 Å². The van der Waals surface area contributed by atoms with E-state index in [9.17, 15) is 23.5 Å². The third-order valence-electron chi connectivity index (χ3n) is 2.98. The van der Waals surface area contributed by atoms with Crippen molar-refractivity contribution >= 4 is 17.6 Å². The number of rotatable bonds is 5. The van der Waals surface area contributed by atoms with Crippen LogP contribution in [0.25, 0.3) is 0 Å². The number of benzene rings is 2. The van der Waals surface area contributed by atoms with Gasteiger partial charge in [0, 0.05) is 11.8 Å². The number of anilines is 1. The number of nitrogens with one attached hydrogen (secondary N) is 1. The Hall–Kier alpha value is -3.16. The van der Waals surface area contributed by atoms with Crippen LogP contribution in [-0.2, 0) is 9.53 Å². The zero-order chi connectivity index (χ0) is 17.7. The first-order valence-electron chi connectivity index (χ1n) is 6.70. The van der Waals surface area contributed by atoms with Crippen molar-refractivity contribution in [1.82, 2.24) is 0 Å². The summed E-state index contributed by atoms with van der Waals surface area (Å²) in [6, 6.07) is 7.02. The molecule has 0 spiro atoms. The fourth-order valence-corrected chi connectivity index (χ4v) is 1.83. The third-order valence-corrected chi connectivity index (χ3v) is 2.98. The van der Waals surface area contributed by atoms with Crippen molar-refractivity contribution < 1.29 is 33.0 Å². The molecule has 0 radical (unpaired) electrons. The lowest BCUT2D eigenvalue weighted by atomic mass is 10.2. The van der Waals surface area contributed by atoms with Crippen molar-refractivity contribution in [3.63, 3.8) is 0 Å². The number of para-hydroxylation sites is 1. The molecule has 126 valence electrons. The third kappa shape index (κ3) is 3.97. The van der Waals surface area contributed by atoms with Gasteiger partial charge in [-0.25, -0.2) is 13.6 Å². The summed E-state index contributed by atoms with van der Waals surface area (Å²) < 4.78 is 35.4. The van der Waals surface area contributed by atoms with Gasteiger partial charge in [-0.2, -0.15) is 0 Å². The minimum atomic E-state index is -1.12. The summed E-state index contributed by atoms with van der Waals surface area (Å²) in [6.45, 7) is -0.672. The summed E-state index contributed by atoms with van der Waals surface area (Å²) in [7, 11) is 1.32. The molecule has 0 unspecified atom stereocenters. The molecule has 0 saturated carbocycles. The molecular weight excluding hydrogens is 324 g/mol. The Morgan fingerprint density at radius 2 is 1.92 bits per heavy atom. The van der Waals surface area contributed by atoms with Crippen LogP contribution in [0, 0.1) is 11.6 Å². The van der Waals surface area contributed by atoms with Gasteiger partial charge in [0.2, 0.25) is 0 Å². The van der Waals surface area contributed by atoms with E-state index in [4.69, 9.17) is 9.47 Å². The van der Waals surface area contributed by atoms with E-state index in [-0.39, 0.29) is 17.0 Å². The molecular formula is C16H13F2NO5. The normalized spacial score (nSPS) is 10.1. The average molecular weight is 337 g/mol. The summed E-state index contributed by atoms with van der Waals surface area (Å²) in [5, 5.41) is 12.1. The van der Waals surface area contributed by atoms with Crippen LogP contribution in [0.3, 0.4) is 0 Å². The highest BCUT2D eigenvalue weighted by Gasteiger charge is 2.17. The molecule has 24 heavy (non-hydrogen) atoms. The van der Waals surface area contributed by atoms with E-state index in [0.717, 1.165) is 18.2 Å². The molecule has 2 aromatic carbocycles. The minimum Gasteiger partial charge on any atom is -0.504 e. The van der Waals surface area contributed by atoms with Gasteiger partial charge in [0.15, 0.2) is 29.7 Å². The second-order valence-corrected chi connectivity index (χ2v) is 4.61. The van der Waals surface area contributed by atoms with Crippen LogP contribution in [0.4, 0.5) is 14.5 Å². The molecule has 2 aromatic rings. The van der Waals surface area contributed by atoms with E-state index in [1.807, 2.05) is 0 Å². The maximum absolute atomic E-state index is 13.0. The SMILES string of the molecule is COc1cccc(C(=O)OCC(=O)Nc2ccc(F)c(F)c2)c1O. The van der Waals surface area contributed by atoms with Crippen molar-refractivity contribution in [3.8, 4) is 11.5 Å². The van der Waals surface area contributed by atoms with Crippen LogP contribution in [0.5, 0.6) is 11.5 Å². The number of carbonyl (C=O) groups excluding carboxylic acids is 2. The molecule has 0 fully saturated rings. The van der Waals surface area contributed by atoms with Gasteiger partial charge in [-0.15, -0.1) is 0 Å². The molecule has 2 N–H and O–H groups in total. The summed E-state index contributed by atoms with van der Waals surface area (Å²) in [5.41, 5.74) is -0.158. The number of carbonyl (C=O) groups is 2. The lowest BCUT2D eigenvalue weighted by molar-refractivity contribution is -0.119. The molecule has 1 amide bonds. The zero-order valence-electron chi connectivity index (χ0n) is 12.5. The van der Waals surface area contributed by atoms with Gasteiger partial charge in [0.05, 0.1) is 7.11 Å². The predicted octanol–water partition coefficient (Wildman–Crippen LogP) is 2.47. The van der Waals surface area contributed by atoms with Gasteiger partial charge in [-0.3, -0.25) is 4.79 Å². The van der Waals surface area contributed by atoms with E-state index in [1.165, 1.54) is 25.3 Å². The summed E-state index contributed by atoms with van der Waals surface area (Å²) in [4.78, 5) is 23.5. The quantitative estimate of drug-likeness (QED) is 0.819. The van der Waals surface area contributed by atoms with Gasteiger partial charge in [0.1, 0.15) is 5.56 Å². The summed E-state index contributed by atoms with van der Waals surface area (Å²) >= 11 is 0. The van der Waals surface area contributed by atoms with Crippen LogP contribution >= 0.6 is 0 Å². The van der Waals surface area contributed by atoms with Crippen molar-refractivity contribution in [2.45, 2.75) is 0 Å². The molecule has 6 nitrogen and oxygen atoms in total. The number of hydrogen-bond donors (Lipinski definition) is 2. The highest BCUT2D eigenvalue weighted by atomic mass is 19.2. The highest BCUT2D eigenvalue weighted by molar-refractivity contribution is 5.97. The van der Waals surface area contributed by atoms with Crippen LogP contribution in [0.1, 0.15) is 10.4 Å². The first-order chi connectivity index (χ1) is 11.4. The number of halogens is 2. The van der Waals surface area contributed by atoms with Gasteiger partial charge in [0.25, 0.3) is 5.91 Å². The molecule has 0 aromatic heterocycles. The number of phenolic OH excluding ortho intramolecular Hbond substituents is 1. The Kier molecular flexibility index (Phi) is 5.31. The maximum atomic E-state index is 13.0. The number of ether oxygens (including phenoxy) is 2. The van der Waals surface area contributed by atoms with Crippen LogP contribution < -0.4 is 10.1 Å². The van der Waals surface area contributed by atoms with E-state index in [0.29, 0.717) is 0 Å². The predicted molar refractivity (Wildman–Crippen MR) is 79.9 cm³/mol. The van der Waals surface area contributed by atoms with E-state index < -0.39 is 35.9 Å². The Balaban J connectivity index is 1.96. The second kappa shape index (κ2) is 7.40. The second-order valence-electron chi connectivity index (χ2n) is 4.61. The molecule has 0 aliphatic carbocycles. The molecule has 0 heterocycles. The monoisotopic (exact) mass is 337 g/mol. The molecule has 0 aliphatic rings. The molecule has 2 rings (SSSR count). The first kappa shape index (κ1) is 17.2. The van der Waals surface area contributed by atoms with Gasteiger partial charge >= 0.3 is 5.97 Å². The smallest absolute Gasteiger partial charge is 0.342 e. The fraction of sp³-hybridized carbons (Fsp3) is 0.125. The van der Waals surface area contributed by atoms with E-state index in [2.05, 4.69) is 5.32 Å². The maximum Gasteiger partial charge on any atom is 0.342 e. The van der Waals surface area contributed by atoms with Gasteiger partial charge in [-0.05, 0) is 24.3 Å². The van der Waals surface area contributed by atoms with Crippen molar-refractivity contribution in [2.75, 3.05) is 19.0 Å². The lowest BCUT2D eigenvalue weighted by Crippen LogP contribution is -2.21. The number of esters is 1. The zero-order valence-corrected chi connectivity index (χ0v) is 12.5. The van der Waals surface area contributed by atoms with Crippen LogP contribution in [-0.4, -0.2) is 30.7 Å². The average Bonchev–Trinajstić information content (AvgIpc) is 2.56. The van der Waals surface area contributed by atoms with Crippen molar-refractivity contribution in [3.05, 3.63) is 53.6 Å². The van der Waals surface area contributed by atoms with Crippen LogP contribution in [0.2, 0.25) is 0 Å². The number of aromatic hydroxyl groups is 1. The molecule has 0 aliphatic heterocycles. The summed E-state index contributed by atoms with van der Waals surface area (Å²) in [6.07, 6.45) is 0. The number of amides is 1. The standard InChI is InChI=1S/C16H13F2NO5/c1-23-13-4-2-3-10(15(13)21)16(22)24-8-14(20)19-9-5-6-11(17)12(18)7-9/h2-7,21H,8H2,1H3,(H,19,20). The number of phenols is 1. The molecule has 0 atom stereocenters. The molecule has 0 saturated heterocycles. The molecule has 0 bridgehead atoms. The van der Waals surface area contributed by atoms with Crippen molar-refractivity contribution in [2.24, 2.45) is 0 Å². The number of hydrogen-bond acceptors (Lipinski definition) is 5. The Bertz CT molecular complexity index is 779. The summed E-state index contributed by atoms with van der Waals surface area (Å²) in [5.74, 6) is -4.19. The van der Waals surface area contributed by atoms with E-state index >= 15 is 0 Å². The fourth-order valence-electron chi connectivity index (χ4n) is 1.83. The Morgan fingerprint density at radius 1 is 1.17 bits per heavy atom. The first-order valence-corrected chi connectivity index (χ1v) is 6.70. The van der Waals surface area contributed by atoms with Crippen LogP contribution in [0.15, 0.2) is 36.4 Å². The van der Waals surface area contributed by atoms with Crippen molar-refractivity contribution in [1.29, 1.82) is 0 Å².